The number of hydrogen-bond donors (Lipinski definition) is 1. The first-order chi connectivity index (χ1) is 8.15. The molecule has 0 fully saturated rings. The quantitative estimate of drug-likeness (QED) is 0.906. The fraction of sp³-hybridized carbons (Fsp3) is 0.308. The number of hydrogen-bond acceptors (Lipinski definition) is 3. The van der Waals surface area contributed by atoms with E-state index < -0.39 is 0 Å². The van der Waals surface area contributed by atoms with Crippen LogP contribution in [0.1, 0.15) is 29.1 Å². The van der Waals surface area contributed by atoms with Crippen molar-refractivity contribution >= 4 is 22.9 Å². The van der Waals surface area contributed by atoms with E-state index >= 15 is 0 Å². The zero-order valence-corrected chi connectivity index (χ0v) is 11.5. The predicted molar refractivity (Wildman–Crippen MR) is 73.6 cm³/mol. The maximum Gasteiger partial charge on any atom is 0.113 e. The first kappa shape index (κ1) is 12.6. The largest absolute Gasteiger partial charge is 0.304 e. The number of benzene rings is 1. The van der Waals surface area contributed by atoms with Crippen LogP contribution in [0.5, 0.6) is 0 Å². The number of thiazole rings is 1. The molecule has 0 saturated heterocycles. The van der Waals surface area contributed by atoms with E-state index in [2.05, 4.69) is 48.4 Å². The predicted octanol–water partition coefficient (Wildman–Crippen LogP) is 3.96. The Bertz CT molecular complexity index is 478. The van der Waals surface area contributed by atoms with Crippen LogP contribution < -0.4 is 5.32 Å². The van der Waals surface area contributed by atoms with Gasteiger partial charge >= 0.3 is 0 Å². The van der Waals surface area contributed by atoms with Crippen LogP contribution in [0, 0.1) is 6.92 Å². The molecule has 90 valence electrons. The van der Waals surface area contributed by atoms with Crippen LogP contribution in [0.2, 0.25) is 4.34 Å². The maximum absolute atomic E-state index is 5.84. The Balaban J connectivity index is 1.93. The van der Waals surface area contributed by atoms with Gasteiger partial charge in [-0.25, -0.2) is 4.98 Å². The zero-order valence-electron chi connectivity index (χ0n) is 9.90. The van der Waals surface area contributed by atoms with Crippen LogP contribution >= 0.6 is 22.9 Å². The first-order valence-corrected chi connectivity index (χ1v) is 6.75. The van der Waals surface area contributed by atoms with Gasteiger partial charge in [0.1, 0.15) is 9.34 Å². The Hall–Kier alpha value is -0.900. The molecule has 4 heteroatoms. The maximum atomic E-state index is 5.84. The molecule has 2 aromatic rings. The number of rotatable bonds is 4. The number of nitrogens with one attached hydrogen (secondary N) is 1. The molecule has 0 aliphatic heterocycles. The third-order valence-corrected chi connectivity index (χ3v) is 3.78. The minimum absolute atomic E-state index is 0.318. The molecule has 0 aliphatic rings. The Morgan fingerprint density at radius 3 is 2.65 bits per heavy atom. The van der Waals surface area contributed by atoms with Gasteiger partial charge < -0.3 is 5.32 Å². The molecule has 17 heavy (non-hydrogen) atoms. The number of nitrogens with zero attached hydrogens (tertiary/aromatic N) is 1. The molecule has 0 bridgehead atoms. The minimum atomic E-state index is 0.318. The smallest absolute Gasteiger partial charge is 0.113 e. The summed E-state index contributed by atoms with van der Waals surface area (Å²) in [6.45, 7) is 5.01. The van der Waals surface area contributed by atoms with Crippen molar-refractivity contribution in [3.63, 3.8) is 0 Å². The van der Waals surface area contributed by atoms with E-state index in [4.69, 9.17) is 11.6 Å². The van der Waals surface area contributed by atoms with Crippen LogP contribution in [0.4, 0.5) is 0 Å². The molecule has 0 aliphatic carbocycles. The van der Waals surface area contributed by atoms with Gasteiger partial charge in [0.15, 0.2) is 0 Å². The van der Waals surface area contributed by atoms with Gasteiger partial charge in [-0.2, -0.15) is 0 Å². The molecule has 2 rings (SSSR count). The molecule has 1 atom stereocenters. The van der Waals surface area contributed by atoms with Gasteiger partial charge in [-0.1, -0.05) is 41.4 Å². The summed E-state index contributed by atoms with van der Waals surface area (Å²) in [6.07, 6.45) is 1.69. The summed E-state index contributed by atoms with van der Waals surface area (Å²) in [5, 5.41) is 4.46. The van der Waals surface area contributed by atoms with Crippen molar-refractivity contribution in [2.75, 3.05) is 0 Å². The highest BCUT2D eigenvalue weighted by Gasteiger charge is 2.06. The van der Waals surface area contributed by atoms with E-state index in [1.807, 2.05) is 0 Å². The fourth-order valence-corrected chi connectivity index (χ4v) is 2.49. The summed E-state index contributed by atoms with van der Waals surface area (Å²) >= 11 is 7.36. The average Bonchev–Trinajstić information content (AvgIpc) is 2.73. The minimum Gasteiger partial charge on any atom is -0.304 e. The monoisotopic (exact) mass is 266 g/mol. The van der Waals surface area contributed by atoms with Crippen molar-refractivity contribution in [1.29, 1.82) is 0 Å². The second kappa shape index (κ2) is 5.63. The Morgan fingerprint density at radius 1 is 1.35 bits per heavy atom. The molecular formula is C13H15ClN2S. The summed E-state index contributed by atoms with van der Waals surface area (Å²) in [6, 6.07) is 8.89. The molecule has 1 aromatic carbocycles. The second-order valence-corrected chi connectivity index (χ2v) is 5.82. The molecule has 0 unspecified atom stereocenters. The molecule has 0 spiro atoms. The third-order valence-electron chi connectivity index (χ3n) is 2.66. The summed E-state index contributed by atoms with van der Waals surface area (Å²) in [4.78, 5) is 4.22. The molecular weight excluding hydrogens is 252 g/mol. The van der Waals surface area contributed by atoms with E-state index in [0.717, 1.165) is 15.9 Å². The van der Waals surface area contributed by atoms with Crippen LogP contribution in [0.25, 0.3) is 0 Å². The van der Waals surface area contributed by atoms with Crippen LogP contribution in [-0.2, 0) is 6.54 Å². The topological polar surface area (TPSA) is 24.9 Å². The van der Waals surface area contributed by atoms with Crippen LogP contribution in [0.15, 0.2) is 30.5 Å². The van der Waals surface area contributed by atoms with E-state index in [1.165, 1.54) is 22.5 Å². The van der Waals surface area contributed by atoms with Crippen molar-refractivity contribution in [1.82, 2.24) is 10.3 Å². The highest BCUT2D eigenvalue weighted by Crippen LogP contribution is 2.19. The van der Waals surface area contributed by atoms with Crippen molar-refractivity contribution in [3.8, 4) is 0 Å². The molecule has 0 saturated carbocycles. The van der Waals surface area contributed by atoms with Gasteiger partial charge in [-0.05, 0) is 19.4 Å². The lowest BCUT2D eigenvalue weighted by Crippen LogP contribution is -2.17. The van der Waals surface area contributed by atoms with Gasteiger partial charge in [0.25, 0.3) is 0 Å². The van der Waals surface area contributed by atoms with Gasteiger partial charge in [0.2, 0.25) is 0 Å². The summed E-state index contributed by atoms with van der Waals surface area (Å²) in [7, 11) is 0. The van der Waals surface area contributed by atoms with Crippen molar-refractivity contribution in [3.05, 3.63) is 50.9 Å². The standard InChI is InChI=1S/C13H15ClN2S/c1-9-3-5-11(6-4-9)10(2)15-8-13-16-7-12(14)17-13/h3-7,10,15H,8H2,1-2H3/t10-/m1/s1. The van der Waals surface area contributed by atoms with Gasteiger partial charge in [0, 0.05) is 12.6 Å². The summed E-state index contributed by atoms with van der Waals surface area (Å²) < 4.78 is 0.741. The average molecular weight is 267 g/mol. The molecule has 2 nitrogen and oxygen atoms in total. The fourth-order valence-electron chi connectivity index (χ4n) is 1.58. The van der Waals surface area contributed by atoms with E-state index in [0.29, 0.717) is 6.04 Å². The van der Waals surface area contributed by atoms with Crippen LogP contribution in [0.3, 0.4) is 0 Å². The van der Waals surface area contributed by atoms with Crippen molar-refractivity contribution in [2.45, 2.75) is 26.4 Å². The molecule has 0 radical (unpaired) electrons. The number of halogens is 1. The van der Waals surface area contributed by atoms with Gasteiger partial charge in [-0.3, -0.25) is 0 Å². The Morgan fingerprint density at radius 2 is 2.06 bits per heavy atom. The van der Waals surface area contributed by atoms with E-state index in [1.54, 1.807) is 6.20 Å². The lowest BCUT2D eigenvalue weighted by Gasteiger charge is -2.13. The Labute approximate surface area is 111 Å². The highest BCUT2D eigenvalue weighted by molar-refractivity contribution is 7.15. The summed E-state index contributed by atoms with van der Waals surface area (Å²) in [5.74, 6) is 0. The van der Waals surface area contributed by atoms with E-state index in [-0.39, 0.29) is 0 Å². The normalized spacial score (nSPS) is 12.6. The van der Waals surface area contributed by atoms with Crippen molar-refractivity contribution < 1.29 is 0 Å². The van der Waals surface area contributed by atoms with Crippen molar-refractivity contribution in [2.24, 2.45) is 0 Å². The zero-order chi connectivity index (χ0) is 12.3. The first-order valence-electron chi connectivity index (χ1n) is 5.55. The SMILES string of the molecule is Cc1ccc([C@@H](C)NCc2ncc(Cl)s2)cc1. The van der Waals surface area contributed by atoms with Gasteiger partial charge in [-0.15, -0.1) is 11.3 Å². The van der Waals surface area contributed by atoms with Crippen LogP contribution in [-0.4, -0.2) is 4.98 Å². The van der Waals surface area contributed by atoms with Gasteiger partial charge in [0.05, 0.1) is 6.20 Å². The van der Waals surface area contributed by atoms with E-state index in [9.17, 15) is 0 Å². The second-order valence-electron chi connectivity index (χ2n) is 4.07. The molecule has 1 N–H and O–H groups in total. The summed E-state index contributed by atoms with van der Waals surface area (Å²) in [5.41, 5.74) is 2.57. The Kier molecular flexibility index (Phi) is 4.15. The molecule has 1 aromatic heterocycles. The molecule has 0 amide bonds. The lowest BCUT2D eigenvalue weighted by atomic mass is 10.1. The lowest BCUT2D eigenvalue weighted by molar-refractivity contribution is 0.573. The third kappa shape index (κ3) is 3.53. The number of aromatic nitrogens is 1. The number of aryl methyl sites for hydroxylation is 1. The molecule has 1 heterocycles. The highest BCUT2D eigenvalue weighted by atomic mass is 35.5.